The highest BCUT2D eigenvalue weighted by Crippen LogP contribution is 2.28. The van der Waals surface area contributed by atoms with Gasteiger partial charge in [-0.1, -0.05) is 45.9 Å². The molecule has 0 bridgehead atoms. The number of aliphatic hydroxyl groups is 1. The zero-order valence-electron chi connectivity index (χ0n) is 10.4. The van der Waals surface area contributed by atoms with Crippen LogP contribution in [0.2, 0.25) is 0 Å². The number of hydrogen-bond donors (Lipinski definition) is 1. The van der Waals surface area contributed by atoms with Crippen molar-refractivity contribution in [3.63, 3.8) is 0 Å². The fourth-order valence-corrected chi connectivity index (χ4v) is 1.88. The van der Waals surface area contributed by atoms with Crippen LogP contribution in [0, 0.1) is 0 Å². The highest BCUT2D eigenvalue weighted by Gasteiger charge is 2.12. The van der Waals surface area contributed by atoms with E-state index in [1.54, 1.807) is 0 Å². The lowest BCUT2D eigenvalue weighted by Crippen LogP contribution is -2.01. The Kier molecular flexibility index (Phi) is 3.92. The molecule has 1 atom stereocenters. The molecule has 0 saturated carbocycles. The molecule has 0 aliphatic carbocycles. The van der Waals surface area contributed by atoms with Crippen molar-refractivity contribution in [2.45, 2.75) is 52.6 Å². The molecule has 15 heavy (non-hydrogen) atoms. The Morgan fingerprint density at radius 1 is 0.867 bits per heavy atom. The van der Waals surface area contributed by atoms with Crippen molar-refractivity contribution in [3.8, 4) is 0 Å². The summed E-state index contributed by atoms with van der Waals surface area (Å²) in [6.45, 7) is 10.6. The van der Waals surface area contributed by atoms with Gasteiger partial charge in [0, 0.05) is 0 Å². The molecule has 1 rings (SSSR count). The molecule has 0 spiro atoms. The van der Waals surface area contributed by atoms with E-state index in [1.807, 2.05) is 13.0 Å². The standard InChI is InChI=1S/C14H22O/c1-9(2)13-7-6-12(11(5)15)8-14(13)10(3)4/h6-11,15H,1-5H3/t11-/m0/s1. The van der Waals surface area contributed by atoms with Gasteiger partial charge < -0.3 is 5.11 Å². The van der Waals surface area contributed by atoms with Crippen LogP contribution in [0.3, 0.4) is 0 Å². The van der Waals surface area contributed by atoms with Crippen LogP contribution in [0.15, 0.2) is 18.2 Å². The van der Waals surface area contributed by atoms with E-state index in [4.69, 9.17) is 0 Å². The number of rotatable bonds is 3. The summed E-state index contributed by atoms with van der Waals surface area (Å²) in [7, 11) is 0. The van der Waals surface area contributed by atoms with Crippen LogP contribution in [0.4, 0.5) is 0 Å². The van der Waals surface area contributed by atoms with Gasteiger partial charge in [-0.05, 0) is 35.4 Å². The molecule has 0 aromatic heterocycles. The SMILES string of the molecule is CC(C)c1ccc([C@H](C)O)cc1C(C)C. The Labute approximate surface area is 93.1 Å². The Balaban J connectivity index is 3.21. The lowest BCUT2D eigenvalue weighted by molar-refractivity contribution is 0.199. The van der Waals surface area contributed by atoms with Crippen molar-refractivity contribution in [3.05, 3.63) is 34.9 Å². The van der Waals surface area contributed by atoms with Gasteiger partial charge in [-0.3, -0.25) is 0 Å². The second-order valence-electron chi connectivity index (χ2n) is 4.87. The molecular weight excluding hydrogens is 184 g/mol. The van der Waals surface area contributed by atoms with E-state index in [2.05, 4.69) is 39.8 Å². The van der Waals surface area contributed by atoms with Gasteiger partial charge in [0.05, 0.1) is 6.10 Å². The molecular formula is C14H22O. The predicted molar refractivity (Wildman–Crippen MR) is 65.3 cm³/mol. The average Bonchev–Trinajstić information content (AvgIpc) is 2.16. The zero-order chi connectivity index (χ0) is 11.6. The molecule has 84 valence electrons. The second kappa shape index (κ2) is 4.80. The second-order valence-corrected chi connectivity index (χ2v) is 4.87. The van der Waals surface area contributed by atoms with Crippen LogP contribution in [0.1, 0.15) is 69.2 Å². The van der Waals surface area contributed by atoms with Crippen LogP contribution < -0.4 is 0 Å². The summed E-state index contributed by atoms with van der Waals surface area (Å²) in [5.74, 6) is 1.06. The maximum absolute atomic E-state index is 9.56. The van der Waals surface area contributed by atoms with Gasteiger partial charge in [0.25, 0.3) is 0 Å². The van der Waals surface area contributed by atoms with Gasteiger partial charge in [-0.25, -0.2) is 0 Å². The fourth-order valence-electron chi connectivity index (χ4n) is 1.88. The Morgan fingerprint density at radius 2 is 1.40 bits per heavy atom. The summed E-state index contributed by atoms with van der Waals surface area (Å²) in [5.41, 5.74) is 3.78. The molecule has 0 saturated heterocycles. The minimum absolute atomic E-state index is 0.372. The van der Waals surface area contributed by atoms with Crippen molar-refractivity contribution in [1.29, 1.82) is 0 Å². The minimum atomic E-state index is -0.372. The summed E-state index contributed by atoms with van der Waals surface area (Å²) in [6, 6.07) is 6.33. The molecule has 1 aromatic rings. The minimum Gasteiger partial charge on any atom is -0.389 e. The largest absolute Gasteiger partial charge is 0.389 e. The summed E-state index contributed by atoms with van der Waals surface area (Å²) >= 11 is 0. The fraction of sp³-hybridized carbons (Fsp3) is 0.571. The first-order chi connectivity index (χ1) is 6.93. The van der Waals surface area contributed by atoms with Crippen LogP contribution in [0.25, 0.3) is 0 Å². The molecule has 0 amide bonds. The van der Waals surface area contributed by atoms with E-state index in [0.29, 0.717) is 11.8 Å². The Bertz CT molecular complexity index is 324. The molecule has 1 nitrogen and oxygen atoms in total. The van der Waals surface area contributed by atoms with E-state index in [1.165, 1.54) is 11.1 Å². The normalized spacial score (nSPS) is 13.6. The molecule has 1 aromatic carbocycles. The van der Waals surface area contributed by atoms with Crippen LogP contribution in [-0.4, -0.2) is 5.11 Å². The van der Waals surface area contributed by atoms with E-state index in [9.17, 15) is 5.11 Å². The highest BCUT2D eigenvalue weighted by molar-refractivity contribution is 5.36. The summed E-state index contributed by atoms with van der Waals surface area (Å²) in [6.07, 6.45) is -0.372. The molecule has 1 heteroatoms. The van der Waals surface area contributed by atoms with Crippen LogP contribution in [0.5, 0.6) is 0 Å². The van der Waals surface area contributed by atoms with Crippen molar-refractivity contribution < 1.29 is 5.11 Å². The maximum Gasteiger partial charge on any atom is 0.0762 e. The third-order valence-corrected chi connectivity index (χ3v) is 2.84. The monoisotopic (exact) mass is 206 g/mol. The third kappa shape index (κ3) is 2.82. The molecule has 1 N–H and O–H groups in total. The first kappa shape index (κ1) is 12.3. The first-order valence-corrected chi connectivity index (χ1v) is 5.75. The molecule has 0 aliphatic rings. The van der Waals surface area contributed by atoms with E-state index >= 15 is 0 Å². The molecule has 0 aliphatic heterocycles. The lowest BCUT2D eigenvalue weighted by Gasteiger charge is -2.18. The van der Waals surface area contributed by atoms with E-state index in [0.717, 1.165) is 5.56 Å². The van der Waals surface area contributed by atoms with E-state index in [-0.39, 0.29) is 6.10 Å². The maximum atomic E-state index is 9.56. The lowest BCUT2D eigenvalue weighted by atomic mass is 9.88. The first-order valence-electron chi connectivity index (χ1n) is 5.75. The van der Waals surface area contributed by atoms with E-state index < -0.39 is 0 Å². The summed E-state index contributed by atoms with van der Waals surface area (Å²) in [5, 5.41) is 9.56. The van der Waals surface area contributed by atoms with Crippen LogP contribution in [-0.2, 0) is 0 Å². The third-order valence-electron chi connectivity index (χ3n) is 2.84. The predicted octanol–water partition coefficient (Wildman–Crippen LogP) is 3.99. The highest BCUT2D eigenvalue weighted by atomic mass is 16.3. The molecule has 0 unspecified atom stereocenters. The quantitative estimate of drug-likeness (QED) is 0.793. The van der Waals surface area contributed by atoms with Crippen molar-refractivity contribution in [1.82, 2.24) is 0 Å². The van der Waals surface area contributed by atoms with Crippen molar-refractivity contribution in [2.75, 3.05) is 0 Å². The average molecular weight is 206 g/mol. The van der Waals surface area contributed by atoms with Gasteiger partial charge in [0.1, 0.15) is 0 Å². The summed E-state index contributed by atoms with van der Waals surface area (Å²) < 4.78 is 0. The summed E-state index contributed by atoms with van der Waals surface area (Å²) in [4.78, 5) is 0. The smallest absolute Gasteiger partial charge is 0.0762 e. The van der Waals surface area contributed by atoms with Gasteiger partial charge in [-0.15, -0.1) is 0 Å². The van der Waals surface area contributed by atoms with Gasteiger partial charge >= 0.3 is 0 Å². The number of hydrogen-bond acceptors (Lipinski definition) is 1. The van der Waals surface area contributed by atoms with Gasteiger partial charge in [0.15, 0.2) is 0 Å². The molecule has 0 heterocycles. The topological polar surface area (TPSA) is 20.2 Å². The number of aliphatic hydroxyl groups excluding tert-OH is 1. The van der Waals surface area contributed by atoms with Gasteiger partial charge in [0.2, 0.25) is 0 Å². The molecule has 0 radical (unpaired) electrons. The number of benzene rings is 1. The molecule has 0 fully saturated rings. The Morgan fingerprint density at radius 3 is 1.80 bits per heavy atom. The Hall–Kier alpha value is -0.820. The van der Waals surface area contributed by atoms with Crippen LogP contribution >= 0.6 is 0 Å². The van der Waals surface area contributed by atoms with Crippen molar-refractivity contribution >= 4 is 0 Å². The van der Waals surface area contributed by atoms with Crippen molar-refractivity contribution in [2.24, 2.45) is 0 Å². The zero-order valence-corrected chi connectivity index (χ0v) is 10.4. The van der Waals surface area contributed by atoms with Gasteiger partial charge in [-0.2, -0.15) is 0 Å².